The van der Waals surface area contributed by atoms with Crippen LogP contribution in [-0.2, 0) is 9.47 Å². The first-order valence-corrected chi connectivity index (χ1v) is 11.9. The molecule has 1 atom stereocenters. The van der Waals surface area contributed by atoms with Crippen molar-refractivity contribution >= 4 is 11.9 Å². The minimum atomic E-state index is -0.474. The first-order chi connectivity index (χ1) is 16.0. The molecule has 0 aromatic heterocycles. The molecule has 2 rings (SSSR count). The predicted molar refractivity (Wildman–Crippen MR) is 128 cm³/mol. The number of hydrogen-bond donors (Lipinski definition) is 0. The molecule has 0 N–H and O–H groups in total. The van der Waals surface area contributed by atoms with Gasteiger partial charge in [-0.1, -0.05) is 39.0 Å². The van der Waals surface area contributed by atoms with Crippen molar-refractivity contribution in [3.8, 4) is 11.5 Å². The first-order valence-electron chi connectivity index (χ1n) is 11.9. The summed E-state index contributed by atoms with van der Waals surface area (Å²) in [7, 11) is 0. The summed E-state index contributed by atoms with van der Waals surface area (Å²) in [6, 6.07) is 13.2. The molecule has 0 aliphatic rings. The lowest BCUT2D eigenvalue weighted by Gasteiger charge is -2.13. The predicted octanol–water partition coefficient (Wildman–Crippen LogP) is 6.23. The molecule has 1 unspecified atom stereocenters. The molecule has 0 bridgehead atoms. The molecule has 0 saturated carbocycles. The third-order valence-corrected chi connectivity index (χ3v) is 5.02. The van der Waals surface area contributed by atoms with Gasteiger partial charge in [-0.15, -0.1) is 0 Å². The molecule has 0 heterocycles. The fraction of sp³-hybridized carbons (Fsp3) is 0.481. The van der Waals surface area contributed by atoms with Crippen molar-refractivity contribution in [2.75, 3.05) is 19.8 Å². The second-order valence-electron chi connectivity index (χ2n) is 7.93. The smallest absolute Gasteiger partial charge is 0.343 e. The Morgan fingerprint density at radius 3 is 1.97 bits per heavy atom. The van der Waals surface area contributed by atoms with Crippen LogP contribution in [0, 0.1) is 0 Å². The molecule has 2 aromatic carbocycles. The minimum absolute atomic E-state index is 0.340. The molecule has 6 heteroatoms. The van der Waals surface area contributed by atoms with Gasteiger partial charge in [-0.2, -0.15) is 0 Å². The maximum absolute atomic E-state index is 12.4. The van der Waals surface area contributed by atoms with Crippen LogP contribution in [0.15, 0.2) is 48.5 Å². The number of ether oxygens (including phenoxy) is 4. The number of unbranched alkanes of at least 4 members (excludes halogenated alkanes) is 5. The van der Waals surface area contributed by atoms with E-state index >= 15 is 0 Å². The van der Waals surface area contributed by atoms with Crippen molar-refractivity contribution in [2.45, 2.75) is 65.4 Å². The highest BCUT2D eigenvalue weighted by Gasteiger charge is 2.13. The Morgan fingerprint density at radius 1 is 0.758 bits per heavy atom. The van der Waals surface area contributed by atoms with Gasteiger partial charge in [0.15, 0.2) is 0 Å². The molecule has 33 heavy (non-hydrogen) atoms. The topological polar surface area (TPSA) is 71.1 Å². The van der Waals surface area contributed by atoms with Crippen LogP contribution in [-0.4, -0.2) is 37.9 Å². The summed E-state index contributed by atoms with van der Waals surface area (Å²) in [5.41, 5.74) is 0.806. The highest BCUT2D eigenvalue weighted by atomic mass is 16.6. The summed E-state index contributed by atoms with van der Waals surface area (Å²) < 4.78 is 21.7. The third kappa shape index (κ3) is 10.1. The number of benzene rings is 2. The van der Waals surface area contributed by atoms with E-state index in [9.17, 15) is 9.59 Å². The number of carbonyl (C=O) groups is 2. The van der Waals surface area contributed by atoms with E-state index < -0.39 is 11.9 Å². The van der Waals surface area contributed by atoms with E-state index in [0.717, 1.165) is 12.2 Å². The SMILES string of the molecule is CCCCCCCCOc1ccc(C(=O)Oc2ccc(C(=O)OC(C)COCC)cc2)cc1. The van der Waals surface area contributed by atoms with Gasteiger partial charge in [-0.25, -0.2) is 9.59 Å². The van der Waals surface area contributed by atoms with Gasteiger partial charge in [-0.05, 0) is 68.8 Å². The number of carbonyl (C=O) groups excluding carboxylic acids is 2. The van der Waals surface area contributed by atoms with Gasteiger partial charge >= 0.3 is 11.9 Å². The van der Waals surface area contributed by atoms with E-state index in [1.165, 1.54) is 32.1 Å². The molecule has 2 aromatic rings. The summed E-state index contributed by atoms with van der Waals surface area (Å²) in [5.74, 6) is 0.165. The van der Waals surface area contributed by atoms with Crippen LogP contribution >= 0.6 is 0 Å². The second-order valence-corrected chi connectivity index (χ2v) is 7.93. The van der Waals surface area contributed by atoms with E-state index in [1.54, 1.807) is 55.5 Å². The molecule has 6 nitrogen and oxygen atoms in total. The summed E-state index contributed by atoms with van der Waals surface area (Å²) in [4.78, 5) is 24.6. The van der Waals surface area contributed by atoms with Gasteiger partial charge in [-0.3, -0.25) is 0 Å². The molecule has 180 valence electrons. The number of esters is 2. The Bertz CT molecular complexity index is 829. The van der Waals surface area contributed by atoms with E-state index in [0.29, 0.717) is 36.7 Å². The summed E-state index contributed by atoms with van der Waals surface area (Å²) in [6.45, 7) is 7.46. The highest BCUT2D eigenvalue weighted by molar-refractivity contribution is 5.92. The molecule has 0 spiro atoms. The van der Waals surface area contributed by atoms with Crippen LogP contribution in [0.1, 0.15) is 80.0 Å². The largest absolute Gasteiger partial charge is 0.494 e. The summed E-state index contributed by atoms with van der Waals surface area (Å²) in [6.07, 6.45) is 6.94. The Balaban J connectivity index is 1.77. The van der Waals surface area contributed by atoms with Gasteiger partial charge in [0.1, 0.15) is 17.6 Å². The number of rotatable bonds is 15. The van der Waals surface area contributed by atoms with Crippen molar-refractivity contribution in [3.05, 3.63) is 59.7 Å². The Hall–Kier alpha value is -2.86. The molecule has 0 saturated heterocycles. The van der Waals surface area contributed by atoms with Crippen molar-refractivity contribution in [2.24, 2.45) is 0 Å². The van der Waals surface area contributed by atoms with Gasteiger partial charge in [0.25, 0.3) is 0 Å². The molecule has 0 radical (unpaired) electrons. The van der Waals surface area contributed by atoms with Crippen molar-refractivity contribution in [1.29, 1.82) is 0 Å². The minimum Gasteiger partial charge on any atom is -0.494 e. The maximum atomic E-state index is 12.4. The molecule has 0 amide bonds. The van der Waals surface area contributed by atoms with Gasteiger partial charge in [0.05, 0.1) is 24.3 Å². The van der Waals surface area contributed by atoms with E-state index in [1.807, 2.05) is 6.92 Å². The van der Waals surface area contributed by atoms with Crippen LogP contribution in [0.25, 0.3) is 0 Å². The molecule has 0 aliphatic carbocycles. The molecule has 0 aliphatic heterocycles. The van der Waals surface area contributed by atoms with Crippen molar-refractivity contribution < 1.29 is 28.5 Å². The lowest BCUT2D eigenvalue weighted by molar-refractivity contribution is 0.00439. The third-order valence-electron chi connectivity index (χ3n) is 5.02. The van der Waals surface area contributed by atoms with Crippen LogP contribution in [0.4, 0.5) is 0 Å². The summed E-state index contributed by atoms with van der Waals surface area (Å²) in [5, 5.41) is 0. The normalized spacial score (nSPS) is 11.6. The van der Waals surface area contributed by atoms with Crippen LogP contribution in [0.5, 0.6) is 11.5 Å². The quantitative estimate of drug-likeness (QED) is 0.180. The van der Waals surface area contributed by atoms with Crippen LogP contribution in [0.3, 0.4) is 0 Å². The van der Waals surface area contributed by atoms with E-state index in [2.05, 4.69) is 6.92 Å². The summed E-state index contributed by atoms with van der Waals surface area (Å²) >= 11 is 0. The van der Waals surface area contributed by atoms with E-state index in [-0.39, 0.29) is 6.10 Å². The fourth-order valence-electron chi connectivity index (χ4n) is 3.15. The lowest BCUT2D eigenvalue weighted by atomic mass is 10.1. The zero-order chi connectivity index (χ0) is 23.9. The Labute approximate surface area is 197 Å². The zero-order valence-corrected chi connectivity index (χ0v) is 20.0. The fourth-order valence-corrected chi connectivity index (χ4v) is 3.15. The molecule has 0 fully saturated rings. The van der Waals surface area contributed by atoms with Crippen LogP contribution < -0.4 is 9.47 Å². The van der Waals surface area contributed by atoms with Crippen molar-refractivity contribution in [3.63, 3.8) is 0 Å². The van der Waals surface area contributed by atoms with Crippen LogP contribution in [0.2, 0.25) is 0 Å². The Kier molecular flexibility index (Phi) is 12.0. The maximum Gasteiger partial charge on any atom is 0.343 e. The van der Waals surface area contributed by atoms with E-state index in [4.69, 9.17) is 18.9 Å². The van der Waals surface area contributed by atoms with Gasteiger partial charge in [0.2, 0.25) is 0 Å². The molecular weight excluding hydrogens is 420 g/mol. The lowest BCUT2D eigenvalue weighted by Crippen LogP contribution is -2.20. The highest BCUT2D eigenvalue weighted by Crippen LogP contribution is 2.18. The Morgan fingerprint density at radius 2 is 1.33 bits per heavy atom. The standard InChI is InChI=1S/C27H36O6/c1-4-6-7-8-9-10-19-31-24-15-11-23(12-16-24)27(29)33-25-17-13-22(14-18-25)26(28)32-21(3)20-30-5-2/h11-18,21H,4-10,19-20H2,1-3H3. The molecular formula is C27H36O6. The monoisotopic (exact) mass is 456 g/mol. The average molecular weight is 457 g/mol. The van der Waals surface area contributed by atoms with Gasteiger partial charge in [0, 0.05) is 6.61 Å². The average Bonchev–Trinajstić information content (AvgIpc) is 2.83. The number of hydrogen-bond acceptors (Lipinski definition) is 6. The van der Waals surface area contributed by atoms with Crippen molar-refractivity contribution in [1.82, 2.24) is 0 Å². The first kappa shape index (κ1) is 26.4. The second kappa shape index (κ2) is 15.1. The van der Waals surface area contributed by atoms with Gasteiger partial charge < -0.3 is 18.9 Å². The zero-order valence-electron chi connectivity index (χ0n) is 20.0.